The standard InChI is InChI=1S/C34H46N2O3S/c1-3-5-6-7-8-16-36(33(38)35-34-22-26-17-27(23-34)19-28(18-26)24-34)29-10-9-11-31(21-29)40-30-14-12-25(13-15-30)20-32(37)39-4-2/h9-15,21,26-28H,3-8,16-20,22-24H2,1-2H3,(H,35,38). The van der Waals surface area contributed by atoms with Crippen LogP contribution in [0.5, 0.6) is 0 Å². The highest BCUT2D eigenvalue weighted by Gasteiger charge is 2.51. The van der Waals surface area contributed by atoms with Gasteiger partial charge in [0, 0.05) is 27.6 Å². The fourth-order valence-electron chi connectivity index (χ4n) is 7.68. The second-order valence-corrected chi connectivity index (χ2v) is 13.6. The van der Waals surface area contributed by atoms with Gasteiger partial charge in [-0.15, -0.1) is 0 Å². The molecule has 2 aromatic rings. The van der Waals surface area contributed by atoms with Crippen LogP contribution in [0.15, 0.2) is 58.3 Å². The zero-order valence-electron chi connectivity index (χ0n) is 24.3. The van der Waals surface area contributed by atoms with Crippen LogP contribution >= 0.6 is 11.8 Å². The summed E-state index contributed by atoms with van der Waals surface area (Å²) >= 11 is 1.68. The van der Waals surface area contributed by atoms with Crippen molar-refractivity contribution in [3.05, 3.63) is 54.1 Å². The van der Waals surface area contributed by atoms with Gasteiger partial charge in [0.2, 0.25) is 0 Å². The van der Waals surface area contributed by atoms with E-state index in [0.717, 1.165) is 77.4 Å². The Kier molecular flexibility index (Phi) is 9.77. The van der Waals surface area contributed by atoms with E-state index in [9.17, 15) is 9.59 Å². The number of ether oxygens (including phenoxy) is 1. The lowest BCUT2D eigenvalue weighted by atomic mass is 9.53. The van der Waals surface area contributed by atoms with Crippen LogP contribution in [0.1, 0.15) is 90.0 Å². The van der Waals surface area contributed by atoms with E-state index in [0.29, 0.717) is 13.0 Å². The number of hydrogen-bond acceptors (Lipinski definition) is 4. The second-order valence-electron chi connectivity index (χ2n) is 12.4. The smallest absolute Gasteiger partial charge is 0.322 e. The highest BCUT2D eigenvalue weighted by atomic mass is 32.2. The van der Waals surface area contributed by atoms with Gasteiger partial charge in [0.05, 0.1) is 13.0 Å². The van der Waals surface area contributed by atoms with Gasteiger partial charge in [0.25, 0.3) is 0 Å². The van der Waals surface area contributed by atoms with Crippen LogP contribution in [0.4, 0.5) is 10.5 Å². The molecule has 0 unspecified atom stereocenters. The van der Waals surface area contributed by atoms with Gasteiger partial charge in [0.15, 0.2) is 0 Å². The number of rotatable bonds is 13. The molecule has 4 saturated carbocycles. The first-order chi connectivity index (χ1) is 19.4. The molecule has 1 N–H and O–H groups in total. The third-order valence-corrected chi connectivity index (χ3v) is 10.1. The maximum absolute atomic E-state index is 14.0. The first kappa shape index (κ1) is 29.0. The van der Waals surface area contributed by atoms with Crippen LogP contribution in [-0.4, -0.2) is 30.7 Å². The molecule has 216 valence electrons. The van der Waals surface area contributed by atoms with Crippen molar-refractivity contribution in [1.29, 1.82) is 0 Å². The third kappa shape index (κ3) is 7.43. The van der Waals surface area contributed by atoms with Crippen molar-refractivity contribution in [1.82, 2.24) is 5.32 Å². The van der Waals surface area contributed by atoms with Crippen LogP contribution < -0.4 is 10.2 Å². The minimum absolute atomic E-state index is 0.00392. The van der Waals surface area contributed by atoms with E-state index in [1.807, 2.05) is 24.0 Å². The summed E-state index contributed by atoms with van der Waals surface area (Å²) in [5.41, 5.74) is 1.93. The molecule has 6 rings (SSSR count). The molecule has 4 bridgehead atoms. The van der Waals surface area contributed by atoms with Gasteiger partial charge >= 0.3 is 12.0 Å². The number of nitrogens with zero attached hydrogens (tertiary/aromatic N) is 1. The lowest BCUT2D eigenvalue weighted by molar-refractivity contribution is -0.142. The fourth-order valence-corrected chi connectivity index (χ4v) is 8.56. The number of amides is 2. The number of nitrogens with one attached hydrogen (secondary N) is 1. The van der Waals surface area contributed by atoms with Crippen LogP contribution in [0.25, 0.3) is 0 Å². The predicted molar refractivity (Wildman–Crippen MR) is 163 cm³/mol. The Bertz CT molecular complexity index is 1110. The molecule has 0 aliphatic heterocycles. The lowest BCUT2D eigenvalue weighted by Crippen LogP contribution is -2.62. The quantitative estimate of drug-likeness (QED) is 0.197. The molecule has 0 saturated heterocycles. The van der Waals surface area contributed by atoms with Crippen LogP contribution in [-0.2, 0) is 16.0 Å². The van der Waals surface area contributed by atoms with E-state index >= 15 is 0 Å². The largest absolute Gasteiger partial charge is 0.466 e. The second kappa shape index (κ2) is 13.5. The molecule has 0 heterocycles. The third-order valence-electron chi connectivity index (χ3n) is 9.08. The van der Waals surface area contributed by atoms with Crippen LogP contribution in [0.3, 0.4) is 0 Å². The van der Waals surface area contributed by atoms with Gasteiger partial charge in [-0.25, -0.2) is 4.79 Å². The Morgan fingerprint density at radius 1 is 0.900 bits per heavy atom. The van der Waals surface area contributed by atoms with Crippen molar-refractivity contribution in [2.75, 3.05) is 18.1 Å². The first-order valence-electron chi connectivity index (χ1n) is 15.6. The Hall–Kier alpha value is -2.47. The van der Waals surface area contributed by atoms with Gasteiger partial charge in [-0.2, -0.15) is 0 Å². The summed E-state index contributed by atoms with van der Waals surface area (Å²) < 4.78 is 5.07. The Balaban J connectivity index is 1.27. The molecule has 6 heteroatoms. The molecule has 5 nitrogen and oxygen atoms in total. The van der Waals surface area contributed by atoms with E-state index in [4.69, 9.17) is 4.74 Å². The minimum atomic E-state index is -0.197. The summed E-state index contributed by atoms with van der Waals surface area (Å²) in [7, 11) is 0. The number of carbonyl (C=O) groups is 2. The average molecular weight is 563 g/mol. The van der Waals surface area contributed by atoms with Crippen LogP contribution in [0, 0.1) is 17.8 Å². The molecule has 0 aromatic heterocycles. The van der Waals surface area contributed by atoms with Crippen molar-refractivity contribution in [3.63, 3.8) is 0 Å². The van der Waals surface area contributed by atoms with E-state index < -0.39 is 0 Å². The highest BCUT2D eigenvalue weighted by Crippen LogP contribution is 2.55. The van der Waals surface area contributed by atoms with Crippen molar-refractivity contribution in [2.24, 2.45) is 17.8 Å². The zero-order chi connectivity index (χ0) is 28.0. The molecule has 2 aromatic carbocycles. The number of unbranched alkanes of at least 4 members (excludes halogenated alkanes) is 4. The fraction of sp³-hybridized carbons (Fsp3) is 0.588. The Morgan fingerprint density at radius 2 is 1.57 bits per heavy atom. The van der Waals surface area contributed by atoms with Crippen molar-refractivity contribution < 1.29 is 14.3 Å². The Morgan fingerprint density at radius 3 is 2.23 bits per heavy atom. The summed E-state index contributed by atoms with van der Waals surface area (Å²) in [6.45, 7) is 5.21. The number of anilines is 1. The first-order valence-corrected chi connectivity index (χ1v) is 16.4. The molecule has 4 aliphatic carbocycles. The number of hydrogen-bond donors (Lipinski definition) is 1. The number of benzene rings is 2. The summed E-state index contributed by atoms with van der Waals surface area (Å²) in [6, 6.07) is 16.6. The van der Waals surface area contributed by atoms with E-state index in [1.165, 1.54) is 38.5 Å². The summed E-state index contributed by atoms with van der Waals surface area (Å²) in [5.74, 6) is 2.21. The highest BCUT2D eigenvalue weighted by molar-refractivity contribution is 7.99. The molecule has 2 amide bonds. The number of urea groups is 1. The normalized spacial score (nSPS) is 24.6. The molecule has 4 fully saturated rings. The van der Waals surface area contributed by atoms with E-state index in [1.54, 1.807) is 11.8 Å². The Labute approximate surface area is 244 Å². The number of esters is 1. The molecular formula is C34H46N2O3S. The van der Waals surface area contributed by atoms with Gasteiger partial charge < -0.3 is 10.1 Å². The van der Waals surface area contributed by atoms with Gasteiger partial charge in [-0.3, -0.25) is 9.69 Å². The SMILES string of the molecule is CCCCCCCN(C(=O)NC12CC3CC(CC(C3)C1)C2)c1cccc(Sc2ccc(CC(=O)OCC)cc2)c1. The van der Waals surface area contributed by atoms with Gasteiger partial charge in [0.1, 0.15) is 0 Å². The van der Waals surface area contributed by atoms with E-state index in [-0.39, 0.29) is 17.5 Å². The minimum Gasteiger partial charge on any atom is -0.466 e. The van der Waals surface area contributed by atoms with Crippen molar-refractivity contribution in [3.8, 4) is 0 Å². The average Bonchev–Trinajstić information content (AvgIpc) is 2.91. The molecular weight excluding hydrogens is 516 g/mol. The number of carbonyl (C=O) groups excluding carboxylic acids is 2. The van der Waals surface area contributed by atoms with Crippen molar-refractivity contribution >= 4 is 29.4 Å². The van der Waals surface area contributed by atoms with Gasteiger partial charge in [-0.05, 0) is 106 Å². The lowest BCUT2D eigenvalue weighted by Gasteiger charge is -2.57. The maximum atomic E-state index is 14.0. The molecule has 0 radical (unpaired) electrons. The van der Waals surface area contributed by atoms with Gasteiger partial charge in [-0.1, -0.05) is 62.6 Å². The van der Waals surface area contributed by atoms with Crippen molar-refractivity contribution in [2.45, 2.75) is 106 Å². The topological polar surface area (TPSA) is 58.6 Å². The van der Waals surface area contributed by atoms with E-state index in [2.05, 4.69) is 48.6 Å². The van der Waals surface area contributed by atoms with Crippen LogP contribution in [0.2, 0.25) is 0 Å². The summed E-state index contributed by atoms with van der Waals surface area (Å²) in [4.78, 5) is 30.0. The molecule has 0 atom stereocenters. The monoisotopic (exact) mass is 562 g/mol. The maximum Gasteiger partial charge on any atom is 0.322 e. The zero-order valence-corrected chi connectivity index (χ0v) is 25.1. The summed E-state index contributed by atoms with van der Waals surface area (Å²) in [6.07, 6.45) is 13.8. The molecule has 0 spiro atoms. The summed E-state index contributed by atoms with van der Waals surface area (Å²) in [5, 5.41) is 3.62. The molecule has 4 aliphatic rings. The predicted octanol–water partition coefficient (Wildman–Crippen LogP) is 8.40. The molecule has 40 heavy (non-hydrogen) atoms.